The zero-order valence-corrected chi connectivity index (χ0v) is 7.00. The molecule has 0 fully saturated rings. The van der Waals surface area contributed by atoms with Crippen LogP contribution in [0.15, 0.2) is 0 Å². The molecule has 1 unspecified atom stereocenters. The van der Waals surface area contributed by atoms with E-state index < -0.39 is 27.5 Å². The number of rotatable bonds is 3. The Kier molecular flexibility index (Phi) is 2.42. The van der Waals surface area contributed by atoms with Gasteiger partial charge in [0.05, 0.1) is 4.92 Å². The number of aliphatic hydroxyl groups excluding tert-OH is 1. The Hall–Kier alpha value is -2.03. The van der Waals surface area contributed by atoms with Crippen LogP contribution in [0.5, 0.6) is 0 Å². The first-order valence-corrected chi connectivity index (χ1v) is 3.50. The molecular weight excluding hydrogens is 196 g/mol. The zero-order chi connectivity index (χ0) is 10.9. The van der Waals surface area contributed by atoms with E-state index in [9.17, 15) is 20.2 Å². The highest BCUT2D eigenvalue weighted by atomic mass is 16.6. The molecule has 76 valence electrons. The maximum absolute atomic E-state index is 10.4. The maximum Gasteiger partial charge on any atom is 0.422 e. The van der Waals surface area contributed by atoms with Crippen molar-refractivity contribution >= 4 is 11.5 Å². The number of aromatic nitrogens is 2. The van der Waals surface area contributed by atoms with Gasteiger partial charge >= 0.3 is 11.5 Å². The molecule has 0 saturated heterocycles. The summed E-state index contributed by atoms with van der Waals surface area (Å²) in [5.74, 6) is -0.828. The Morgan fingerprint density at radius 1 is 1.43 bits per heavy atom. The maximum atomic E-state index is 10.4. The second-order valence-corrected chi connectivity index (χ2v) is 2.50. The molecule has 0 bridgehead atoms. The van der Waals surface area contributed by atoms with Crippen LogP contribution < -0.4 is 0 Å². The Morgan fingerprint density at radius 3 is 2.36 bits per heavy atom. The van der Waals surface area contributed by atoms with Crippen molar-refractivity contribution in [3.05, 3.63) is 25.9 Å². The number of nitrogens with zero attached hydrogens (tertiary/aromatic N) is 3. The SMILES string of the molecule is CC(O)c1n[nH]c([N+](=O)[O-])c1[N+](=O)[O-]. The molecule has 0 radical (unpaired) electrons. The van der Waals surface area contributed by atoms with Crippen molar-refractivity contribution in [1.29, 1.82) is 0 Å². The summed E-state index contributed by atoms with van der Waals surface area (Å²) in [6.07, 6.45) is -1.24. The van der Waals surface area contributed by atoms with E-state index in [1.165, 1.54) is 6.92 Å². The summed E-state index contributed by atoms with van der Waals surface area (Å²) < 4.78 is 0. The summed E-state index contributed by atoms with van der Waals surface area (Å²) in [6.45, 7) is 1.23. The lowest BCUT2D eigenvalue weighted by Crippen LogP contribution is -1.99. The molecule has 0 aromatic carbocycles. The van der Waals surface area contributed by atoms with E-state index in [4.69, 9.17) is 5.11 Å². The summed E-state index contributed by atoms with van der Waals surface area (Å²) in [4.78, 5) is 18.8. The van der Waals surface area contributed by atoms with Gasteiger partial charge in [-0.15, -0.1) is 5.10 Å². The number of aromatic amines is 1. The van der Waals surface area contributed by atoms with Crippen molar-refractivity contribution < 1.29 is 15.0 Å². The van der Waals surface area contributed by atoms with Crippen LogP contribution in [0.3, 0.4) is 0 Å². The Balaban J connectivity index is 3.35. The number of H-pyrrole nitrogens is 1. The van der Waals surface area contributed by atoms with E-state index in [0.29, 0.717) is 0 Å². The minimum Gasteiger partial charge on any atom is -0.387 e. The van der Waals surface area contributed by atoms with Gasteiger partial charge in [-0.25, -0.2) is 0 Å². The average Bonchev–Trinajstić information content (AvgIpc) is 2.46. The van der Waals surface area contributed by atoms with Crippen molar-refractivity contribution in [2.24, 2.45) is 0 Å². The minimum absolute atomic E-state index is 0.346. The lowest BCUT2D eigenvalue weighted by molar-refractivity contribution is -0.425. The lowest BCUT2D eigenvalue weighted by Gasteiger charge is -1.95. The fourth-order valence-corrected chi connectivity index (χ4v) is 0.939. The molecule has 0 amide bonds. The van der Waals surface area contributed by atoms with Gasteiger partial charge in [0, 0.05) is 0 Å². The van der Waals surface area contributed by atoms with Gasteiger partial charge in [-0.1, -0.05) is 5.10 Å². The first kappa shape index (κ1) is 10.1. The summed E-state index contributed by atoms with van der Waals surface area (Å²) in [5, 5.41) is 35.0. The van der Waals surface area contributed by atoms with E-state index in [2.05, 4.69) is 5.10 Å². The van der Waals surface area contributed by atoms with Crippen molar-refractivity contribution in [2.75, 3.05) is 0 Å². The van der Waals surface area contributed by atoms with E-state index in [0.717, 1.165) is 0 Å². The van der Waals surface area contributed by atoms with Crippen molar-refractivity contribution in [3.63, 3.8) is 0 Å². The molecule has 1 heterocycles. The second-order valence-electron chi connectivity index (χ2n) is 2.50. The first-order chi connectivity index (χ1) is 6.45. The molecule has 0 aliphatic heterocycles. The third-order valence-corrected chi connectivity index (χ3v) is 1.51. The molecule has 2 N–H and O–H groups in total. The molecular formula is C5H6N4O5. The molecule has 0 aliphatic rings. The van der Waals surface area contributed by atoms with E-state index >= 15 is 0 Å². The standard InChI is InChI=1S/C5H6N4O5/c1-2(10)3-4(8(11)12)5(7-6-3)9(13)14/h2,10H,1H3,(H,6,7). The van der Waals surface area contributed by atoms with Gasteiger partial charge in [0.25, 0.3) is 0 Å². The molecule has 0 saturated carbocycles. The molecule has 9 heteroatoms. The molecule has 9 nitrogen and oxygen atoms in total. The smallest absolute Gasteiger partial charge is 0.387 e. The predicted octanol–water partition coefficient (Wildman–Crippen LogP) is 0.279. The first-order valence-electron chi connectivity index (χ1n) is 3.50. The van der Waals surface area contributed by atoms with Crippen LogP contribution >= 0.6 is 0 Å². The molecule has 0 aliphatic carbocycles. The Bertz CT molecular complexity index is 383. The van der Waals surface area contributed by atoms with Crippen molar-refractivity contribution in [2.45, 2.75) is 13.0 Å². The lowest BCUT2D eigenvalue weighted by atomic mass is 10.2. The van der Waals surface area contributed by atoms with Crippen LogP contribution in [0.1, 0.15) is 18.7 Å². The highest BCUT2D eigenvalue weighted by Gasteiger charge is 2.34. The molecule has 0 spiro atoms. The van der Waals surface area contributed by atoms with Crippen LogP contribution in [-0.2, 0) is 0 Å². The highest BCUT2D eigenvalue weighted by molar-refractivity contribution is 5.51. The highest BCUT2D eigenvalue weighted by Crippen LogP contribution is 2.31. The third kappa shape index (κ3) is 1.52. The summed E-state index contributed by atoms with van der Waals surface area (Å²) in [7, 11) is 0. The van der Waals surface area contributed by atoms with Gasteiger partial charge in [-0.05, 0) is 11.8 Å². The predicted molar refractivity (Wildman–Crippen MR) is 42.5 cm³/mol. The number of nitrogens with one attached hydrogen (secondary N) is 1. The average molecular weight is 202 g/mol. The molecule has 14 heavy (non-hydrogen) atoms. The summed E-state index contributed by atoms with van der Waals surface area (Å²) in [6, 6.07) is 0. The van der Waals surface area contributed by atoms with Gasteiger partial charge in [-0.3, -0.25) is 10.1 Å². The molecule has 1 rings (SSSR count). The number of nitro groups is 2. The second kappa shape index (κ2) is 3.38. The summed E-state index contributed by atoms with van der Waals surface area (Å²) in [5.41, 5.74) is -1.15. The fourth-order valence-electron chi connectivity index (χ4n) is 0.939. The number of aliphatic hydroxyl groups is 1. The van der Waals surface area contributed by atoms with Crippen LogP contribution in [0.2, 0.25) is 0 Å². The number of hydrogen-bond donors (Lipinski definition) is 2. The van der Waals surface area contributed by atoms with E-state index in [1.807, 2.05) is 5.10 Å². The van der Waals surface area contributed by atoms with Gasteiger partial charge in [0.15, 0.2) is 5.69 Å². The third-order valence-electron chi connectivity index (χ3n) is 1.51. The topological polar surface area (TPSA) is 135 Å². The summed E-state index contributed by atoms with van der Waals surface area (Å²) >= 11 is 0. The van der Waals surface area contributed by atoms with Gasteiger partial charge < -0.3 is 15.2 Å². The van der Waals surface area contributed by atoms with Gasteiger partial charge in [0.2, 0.25) is 0 Å². The van der Waals surface area contributed by atoms with Crippen LogP contribution in [-0.4, -0.2) is 25.2 Å². The zero-order valence-electron chi connectivity index (χ0n) is 7.00. The molecule has 1 aromatic heterocycles. The van der Waals surface area contributed by atoms with Crippen LogP contribution in [0.25, 0.3) is 0 Å². The number of hydrogen-bond acceptors (Lipinski definition) is 6. The monoisotopic (exact) mass is 202 g/mol. The normalized spacial score (nSPS) is 12.4. The fraction of sp³-hybridized carbons (Fsp3) is 0.400. The van der Waals surface area contributed by atoms with Gasteiger partial charge in [0.1, 0.15) is 6.10 Å². The Labute approximate surface area is 76.7 Å². The van der Waals surface area contributed by atoms with Crippen LogP contribution in [0.4, 0.5) is 11.5 Å². The van der Waals surface area contributed by atoms with E-state index in [1.54, 1.807) is 0 Å². The minimum atomic E-state index is -1.24. The van der Waals surface area contributed by atoms with Crippen LogP contribution in [0, 0.1) is 20.2 Å². The van der Waals surface area contributed by atoms with Crippen molar-refractivity contribution in [1.82, 2.24) is 10.2 Å². The van der Waals surface area contributed by atoms with Crippen molar-refractivity contribution in [3.8, 4) is 0 Å². The molecule has 1 atom stereocenters. The Morgan fingerprint density at radius 2 is 2.00 bits per heavy atom. The quantitative estimate of drug-likeness (QED) is 0.533. The van der Waals surface area contributed by atoms with Gasteiger partial charge in [-0.2, -0.15) is 0 Å². The largest absolute Gasteiger partial charge is 0.422 e. The van der Waals surface area contributed by atoms with E-state index in [-0.39, 0.29) is 5.69 Å². The molecule has 1 aromatic rings.